The molecule has 0 aromatic heterocycles. The molecule has 2 heteroatoms. The topological polar surface area (TPSA) is 26.3 Å². The SMILES string of the molecule is CCCCC(=O)c1ccc(OCC)c(C(C)C)c1. The molecule has 0 aliphatic carbocycles. The van der Waals surface area contributed by atoms with Gasteiger partial charge in [-0.1, -0.05) is 27.2 Å². The van der Waals surface area contributed by atoms with Crippen LogP contribution in [0.4, 0.5) is 0 Å². The summed E-state index contributed by atoms with van der Waals surface area (Å²) in [5, 5.41) is 0. The van der Waals surface area contributed by atoms with Crippen LogP contribution in [-0.2, 0) is 0 Å². The molecule has 2 nitrogen and oxygen atoms in total. The van der Waals surface area contributed by atoms with Crippen molar-refractivity contribution in [3.8, 4) is 5.75 Å². The third-order valence-electron chi connectivity index (χ3n) is 3.01. The van der Waals surface area contributed by atoms with E-state index in [1.807, 2.05) is 25.1 Å². The van der Waals surface area contributed by atoms with Crippen LogP contribution in [0.15, 0.2) is 18.2 Å². The quantitative estimate of drug-likeness (QED) is 0.660. The van der Waals surface area contributed by atoms with Crippen LogP contribution in [0.3, 0.4) is 0 Å². The van der Waals surface area contributed by atoms with Gasteiger partial charge in [0.1, 0.15) is 5.75 Å². The van der Waals surface area contributed by atoms with E-state index in [9.17, 15) is 4.79 Å². The summed E-state index contributed by atoms with van der Waals surface area (Å²) < 4.78 is 5.60. The molecule has 0 N–H and O–H groups in total. The molecular formula is C16H24O2. The van der Waals surface area contributed by atoms with Gasteiger partial charge in [-0.3, -0.25) is 4.79 Å². The molecule has 0 aliphatic rings. The maximum Gasteiger partial charge on any atom is 0.162 e. The fourth-order valence-electron chi connectivity index (χ4n) is 1.94. The zero-order valence-electron chi connectivity index (χ0n) is 12.0. The largest absolute Gasteiger partial charge is 0.494 e. The van der Waals surface area contributed by atoms with Gasteiger partial charge in [0.25, 0.3) is 0 Å². The van der Waals surface area contributed by atoms with Crippen molar-refractivity contribution in [2.24, 2.45) is 0 Å². The molecule has 0 bridgehead atoms. The van der Waals surface area contributed by atoms with Gasteiger partial charge in [-0.25, -0.2) is 0 Å². The summed E-state index contributed by atoms with van der Waals surface area (Å²) in [6.45, 7) is 8.98. The first kappa shape index (κ1) is 14.7. The van der Waals surface area contributed by atoms with Gasteiger partial charge >= 0.3 is 0 Å². The molecule has 1 aromatic rings. The van der Waals surface area contributed by atoms with Crippen molar-refractivity contribution < 1.29 is 9.53 Å². The Morgan fingerprint density at radius 2 is 2.00 bits per heavy atom. The second kappa shape index (κ2) is 7.20. The second-order valence-corrected chi connectivity index (χ2v) is 4.87. The molecule has 100 valence electrons. The Bertz CT molecular complexity index is 394. The molecule has 0 heterocycles. The van der Waals surface area contributed by atoms with Gasteiger partial charge in [0.05, 0.1) is 6.61 Å². The van der Waals surface area contributed by atoms with Crippen LogP contribution in [0.5, 0.6) is 5.75 Å². The molecule has 0 saturated carbocycles. The lowest BCUT2D eigenvalue weighted by Crippen LogP contribution is -2.03. The first-order chi connectivity index (χ1) is 8.60. The zero-order chi connectivity index (χ0) is 13.5. The van der Waals surface area contributed by atoms with E-state index in [1.54, 1.807) is 0 Å². The summed E-state index contributed by atoms with van der Waals surface area (Å²) in [5.41, 5.74) is 1.94. The first-order valence-corrected chi connectivity index (χ1v) is 6.90. The van der Waals surface area contributed by atoms with Gasteiger partial charge in [0, 0.05) is 12.0 Å². The summed E-state index contributed by atoms with van der Waals surface area (Å²) >= 11 is 0. The third kappa shape index (κ3) is 3.86. The van der Waals surface area contributed by atoms with Crippen molar-refractivity contribution in [3.63, 3.8) is 0 Å². The van der Waals surface area contributed by atoms with Crippen LogP contribution < -0.4 is 4.74 Å². The summed E-state index contributed by atoms with van der Waals surface area (Å²) in [6.07, 6.45) is 2.66. The maximum atomic E-state index is 12.0. The number of hydrogen-bond acceptors (Lipinski definition) is 2. The van der Waals surface area contributed by atoms with E-state index in [-0.39, 0.29) is 5.78 Å². The van der Waals surface area contributed by atoms with Crippen molar-refractivity contribution >= 4 is 5.78 Å². The van der Waals surface area contributed by atoms with Crippen LogP contribution in [0.2, 0.25) is 0 Å². The lowest BCUT2D eigenvalue weighted by molar-refractivity contribution is 0.0979. The number of ketones is 1. The molecular weight excluding hydrogens is 224 g/mol. The Morgan fingerprint density at radius 3 is 2.56 bits per heavy atom. The minimum absolute atomic E-state index is 0.238. The van der Waals surface area contributed by atoms with Crippen LogP contribution in [-0.4, -0.2) is 12.4 Å². The molecule has 0 amide bonds. The standard InChI is InChI=1S/C16H24O2/c1-5-7-8-15(17)13-9-10-16(18-6-2)14(11-13)12(3)4/h9-12H,5-8H2,1-4H3. The van der Waals surface area contributed by atoms with Crippen LogP contribution >= 0.6 is 0 Å². The van der Waals surface area contributed by atoms with Crippen LogP contribution in [0.1, 0.15) is 68.8 Å². The van der Waals surface area contributed by atoms with Gasteiger partial charge < -0.3 is 4.74 Å². The summed E-state index contributed by atoms with van der Waals surface area (Å²) in [7, 11) is 0. The highest BCUT2D eigenvalue weighted by atomic mass is 16.5. The second-order valence-electron chi connectivity index (χ2n) is 4.87. The average Bonchev–Trinajstić information content (AvgIpc) is 2.36. The van der Waals surface area contributed by atoms with Gasteiger partial charge in [-0.15, -0.1) is 0 Å². The van der Waals surface area contributed by atoms with Crippen LogP contribution in [0, 0.1) is 0 Å². The summed E-state index contributed by atoms with van der Waals surface area (Å²) in [4.78, 5) is 12.0. The zero-order valence-corrected chi connectivity index (χ0v) is 12.0. The average molecular weight is 248 g/mol. The first-order valence-electron chi connectivity index (χ1n) is 6.90. The smallest absolute Gasteiger partial charge is 0.162 e. The van der Waals surface area contributed by atoms with E-state index >= 15 is 0 Å². The van der Waals surface area contributed by atoms with Crippen LogP contribution in [0.25, 0.3) is 0 Å². The summed E-state index contributed by atoms with van der Waals surface area (Å²) in [6, 6.07) is 5.81. The molecule has 0 spiro atoms. The van der Waals surface area contributed by atoms with Gasteiger partial charge in [-0.05, 0) is 43.0 Å². The van der Waals surface area contributed by atoms with E-state index < -0.39 is 0 Å². The molecule has 0 saturated heterocycles. The minimum atomic E-state index is 0.238. The molecule has 0 aliphatic heterocycles. The van der Waals surface area contributed by atoms with Gasteiger partial charge in [0.2, 0.25) is 0 Å². The number of benzene rings is 1. The maximum absolute atomic E-state index is 12.0. The van der Waals surface area contributed by atoms with Crippen molar-refractivity contribution in [1.82, 2.24) is 0 Å². The molecule has 1 rings (SSSR count). The lowest BCUT2D eigenvalue weighted by atomic mass is 9.96. The highest BCUT2D eigenvalue weighted by Crippen LogP contribution is 2.28. The van der Waals surface area contributed by atoms with E-state index in [2.05, 4.69) is 20.8 Å². The van der Waals surface area contributed by atoms with Crippen molar-refractivity contribution in [2.75, 3.05) is 6.61 Å². The fraction of sp³-hybridized carbons (Fsp3) is 0.562. The van der Waals surface area contributed by atoms with Crippen molar-refractivity contribution in [1.29, 1.82) is 0 Å². The Morgan fingerprint density at radius 1 is 1.28 bits per heavy atom. The fourth-order valence-corrected chi connectivity index (χ4v) is 1.94. The monoisotopic (exact) mass is 248 g/mol. The molecule has 0 radical (unpaired) electrons. The number of carbonyl (C=O) groups excluding carboxylic acids is 1. The van der Waals surface area contributed by atoms with Gasteiger partial charge in [-0.2, -0.15) is 0 Å². The Kier molecular flexibility index (Phi) is 5.90. The third-order valence-corrected chi connectivity index (χ3v) is 3.01. The number of ether oxygens (including phenoxy) is 1. The minimum Gasteiger partial charge on any atom is -0.494 e. The number of unbranched alkanes of at least 4 members (excludes halogenated alkanes) is 1. The van der Waals surface area contributed by atoms with Crippen molar-refractivity contribution in [3.05, 3.63) is 29.3 Å². The highest BCUT2D eigenvalue weighted by Gasteiger charge is 2.12. The molecule has 0 atom stereocenters. The predicted molar refractivity (Wildman–Crippen MR) is 75.6 cm³/mol. The molecule has 18 heavy (non-hydrogen) atoms. The Labute approximate surface area is 110 Å². The number of carbonyl (C=O) groups is 1. The summed E-state index contributed by atoms with van der Waals surface area (Å²) in [5.74, 6) is 1.51. The van der Waals surface area contributed by atoms with E-state index in [4.69, 9.17) is 4.74 Å². The number of rotatable bonds is 7. The van der Waals surface area contributed by atoms with Gasteiger partial charge in [0.15, 0.2) is 5.78 Å². The Hall–Kier alpha value is -1.31. The molecule has 0 fully saturated rings. The van der Waals surface area contributed by atoms with Crippen molar-refractivity contribution in [2.45, 2.75) is 52.9 Å². The molecule has 0 unspecified atom stereocenters. The Balaban J connectivity index is 2.95. The molecule has 1 aromatic carbocycles. The predicted octanol–water partition coefficient (Wildman–Crippen LogP) is 4.58. The van der Waals surface area contributed by atoms with E-state index in [0.717, 1.165) is 29.7 Å². The van der Waals surface area contributed by atoms with E-state index in [0.29, 0.717) is 18.9 Å². The highest BCUT2D eigenvalue weighted by molar-refractivity contribution is 5.96. The van der Waals surface area contributed by atoms with E-state index in [1.165, 1.54) is 0 Å². The normalized spacial score (nSPS) is 10.7. The number of Topliss-reactive ketones (excluding diaryl/α,β-unsaturated/α-hetero) is 1. The lowest BCUT2D eigenvalue weighted by Gasteiger charge is -2.14. The number of hydrogen-bond donors (Lipinski definition) is 0.